The van der Waals surface area contributed by atoms with E-state index >= 15 is 0 Å². The highest BCUT2D eigenvalue weighted by molar-refractivity contribution is 7.11. The molecule has 124 valence electrons. The summed E-state index contributed by atoms with van der Waals surface area (Å²) in [6.45, 7) is 4.87. The van der Waals surface area contributed by atoms with Gasteiger partial charge >= 0.3 is 4.87 Å². The van der Waals surface area contributed by atoms with Crippen molar-refractivity contribution < 1.29 is 9.18 Å². The molecule has 0 bridgehead atoms. The number of unbranched alkanes of at least 4 members (excludes halogenated alkanes) is 1. The molecule has 0 spiro atoms. The van der Waals surface area contributed by atoms with Crippen molar-refractivity contribution in [3.05, 3.63) is 55.9 Å². The molecule has 0 saturated carbocycles. The van der Waals surface area contributed by atoms with Crippen molar-refractivity contribution in [1.29, 1.82) is 0 Å². The number of hydrogen-bond acceptors (Lipinski definition) is 3. The van der Waals surface area contributed by atoms with Crippen LogP contribution in [0.3, 0.4) is 0 Å². The first kappa shape index (κ1) is 17.4. The molecule has 1 aromatic heterocycles. The molecule has 0 aliphatic rings. The van der Waals surface area contributed by atoms with E-state index in [2.05, 4.69) is 6.92 Å². The predicted molar refractivity (Wildman–Crippen MR) is 90.7 cm³/mol. The van der Waals surface area contributed by atoms with Crippen LogP contribution >= 0.6 is 11.3 Å². The zero-order chi connectivity index (χ0) is 17.0. The van der Waals surface area contributed by atoms with Crippen molar-refractivity contribution in [2.75, 3.05) is 13.6 Å². The van der Waals surface area contributed by atoms with Crippen LogP contribution in [0.25, 0.3) is 0 Å². The van der Waals surface area contributed by atoms with Gasteiger partial charge in [0.15, 0.2) is 0 Å². The molecule has 0 aliphatic carbocycles. The molecule has 6 heteroatoms. The van der Waals surface area contributed by atoms with Crippen molar-refractivity contribution in [3.8, 4) is 0 Å². The second kappa shape index (κ2) is 7.55. The first-order valence-corrected chi connectivity index (χ1v) is 8.45. The highest BCUT2D eigenvalue weighted by atomic mass is 32.1. The number of nitrogens with zero attached hydrogens (tertiary/aromatic N) is 2. The number of hydrogen-bond donors (Lipinski definition) is 0. The Bertz CT molecular complexity index is 734. The maximum atomic E-state index is 13.0. The summed E-state index contributed by atoms with van der Waals surface area (Å²) in [7, 11) is 1.76. The topological polar surface area (TPSA) is 42.3 Å². The molecule has 1 amide bonds. The van der Waals surface area contributed by atoms with Crippen molar-refractivity contribution >= 4 is 17.2 Å². The van der Waals surface area contributed by atoms with Gasteiger partial charge in [-0.3, -0.25) is 14.2 Å². The van der Waals surface area contributed by atoms with Crippen LogP contribution < -0.4 is 4.87 Å². The molecular formula is C17H21FN2O2S. The van der Waals surface area contributed by atoms with Crippen LogP contribution in [0.1, 0.15) is 40.7 Å². The smallest absolute Gasteiger partial charge is 0.308 e. The molecule has 0 radical (unpaired) electrons. The van der Waals surface area contributed by atoms with Crippen molar-refractivity contribution in [1.82, 2.24) is 9.47 Å². The SMILES string of the molecule is CCCCN(C)C(=O)c1sc(=O)n(Cc2ccc(F)cc2)c1C. The number of aromatic nitrogens is 1. The van der Waals surface area contributed by atoms with Crippen LogP contribution in [0.5, 0.6) is 0 Å². The lowest BCUT2D eigenvalue weighted by Crippen LogP contribution is -2.27. The lowest BCUT2D eigenvalue weighted by Gasteiger charge is -2.16. The van der Waals surface area contributed by atoms with E-state index in [9.17, 15) is 14.0 Å². The standard InChI is InChI=1S/C17H21FN2O2S/c1-4-5-10-19(3)16(21)15-12(2)20(17(22)23-15)11-13-6-8-14(18)9-7-13/h6-9H,4-5,10-11H2,1-3H3. The number of benzene rings is 1. The molecule has 2 rings (SSSR count). The van der Waals surface area contributed by atoms with E-state index in [4.69, 9.17) is 0 Å². The van der Waals surface area contributed by atoms with Gasteiger partial charge in [-0.05, 0) is 31.0 Å². The van der Waals surface area contributed by atoms with E-state index in [0.717, 1.165) is 29.7 Å². The van der Waals surface area contributed by atoms with Gasteiger partial charge in [0.1, 0.15) is 10.7 Å². The van der Waals surface area contributed by atoms with Crippen LogP contribution in [0.15, 0.2) is 29.1 Å². The number of halogens is 1. The van der Waals surface area contributed by atoms with Gasteiger partial charge in [0.25, 0.3) is 5.91 Å². The third-order valence-corrected chi connectivity index (χ3v) is 4.85. The lowest BCUT2D eigenvalue weighted by molar-refractivity contribution is 0.0796. The Labute approximate surface area is 139 Å². The van der Waals surface area contributed by atoms with Gasteiger partial charge in [0, 0.05) is 19.3 Å². The van der Waals surface area contributed by atoms with Gasteiger partial charge in [-0.1, -0.05) is 36.8 Å². The quantitative estimate of drug-likeness (QED) is 0.812. The summed E-state index contributed by atoms with van der Waals surface area (Å²) in [4.78, 5) is 26.6. The second-order valence-electron chi connectivity index (χ2n) is 5.58. The Balaban J connectivity index is 2.23. The molecule has 0 atom stereocenters. The molecule has 2 aromatic rings. The summed E-state index contributed by atoms with van der Waals surface area (Å²) in [5.74, 6) is -0.424. The van der Waals surface area contributed by atoms with E-state index in [1.807, 2.05) is 0 Å². The first-order valence-electron chi connectivity index (χ1n) is 7.64. The Kier molecular flexibility index (Phi) is 5.71. The average Bonchev–Trinajstić information content (AvgIpc) is 2.82. The van der Waals surface area contributed by atoms with Crippen LogP contribution in [0.2, 0.25) is 0 Å². The van der Waals surface area contributed by atoms with Crippen molar-refractivity contribution in [3.63, 3.8) is 0 Å². The average molecular weight is 336 g/mol. The van der Waals surface area contributed by atoms with Gasteiger partial charge in [-0.15, -0.1) is 0 Å². The van der Waals surface area contributed by atoms with Crippen LogP contribution in [0, 0.1) is 12.7 Å². The van der Waals surface area contributed by atoms with Gasteiger partial charge in [0.05, 0.1) is 6.54 Å². The van der Waals surface area contributed by atoms with Crippen molar-refractivity contribution in [2.24, 2.45) is 0 Å². The Morgan fingerprint density at radius 2 is 1.96 bits per heavy atom. The largest absolute Gasteiger partial charge is 0.341 e. The third kappa shape index (κ3) is 4.07. The van der Waals surface area contributed by atoms with Gasteiger partial charge in [-0.2, -0.15) is 0 Å². The van der Waals surface area contributed by atoms with Gasteiger partial charge in [-0.25, -0.2) is 4.39 Å². The molecule has 0 aliphatic heterocycles. The monoisotopic (exact) mass is 336 g/mol. The van der Waals surface area contributed by atoms with E-state index in [0.29, 0.717) is 23.7 Å². The zero-order valence-corrected chi connectivity index (χ0v) is 14.5. The number of carbonyl (C=O) groups excluding carboxylic acids is 1. The number of carbonyl (C=O) groups is 1. The lowest BCUT2D eigenvalue weighted by atomic mass is 10.2. The summed E-state index contributed by atoms with van der Waals surface area (Å²) in [5.41, 5.74) is 1.49. The fourth-order valence-electron chi connectivity index (χ4n) is 2.30. The minimum Gasteiger partial charge on any atom is -0.341 e. The molecule has 23 heavy (non-hydrogen) atoms. The molecule has 0 N–H and O–H groups in total. The highest BCUT2D eigenvalue weighted by Gasteiger charge is 2.20. The second-order valence-corrected chi connectivity index (χ2v) is 6.54. The third-order valence-electron chi connectivity index (χ3n) is 3.79. The maximum Gasteiger partial charge on any atom is 0.308 e. The molecule has 0 fully saturated rings. The summed E-state index contributed by atoms with van der Waals surface area (Å²) in [5, 5.41) is 0. The first-order chi connectivity index (χ1) is 10.9. The van der Waals surface area contributed by atoms with Crippen molar-refractivity contribution in [2.45, 2.75) is 33.2 Å². The number of rotatable bonds is 6. The fraction of sp³-hybridized carbons (Fsp3) is 0.412. The normalized spacial score (nSPS) is 10.8. The molecule has 0 unspecified atom stereocenters. The minimum atomic E-state index is -0.309. The fourth-order valence-corrected chi connectivity index (χ4v) is 3.29. The predicted octanol–water partition coefficient (Wildman–Crippen LogP) is 3.28. The summed E-state index contributed by atoms with van der Waals surface area (Å²) >= 11 is 0.975. The Morgan fingerprint density at radius 1 is 1.30 bits per heavy atom. The zero-order valence-electron chi connectivity index (χ0n) is 13.6. The molecule has 1 aromatic carbocycles. The van der Waals surface area contributed by atoms with Gasteiger partial charge in [0.2, 0.25) is 0 Å². The van der Waals surface area contributed by atoms with E-state index in [-0.39, 0.29) is 16.6 Å². The maximum absolute atomic E-state index is 13.0. The number of amides is 1. The van der Waals surface area contributed by atoms with E-state index < -0.39 is 0 Å². The van der Waals surface area contributed by atoms with Gasteiger partial charge < -0.3 is 4.90 Å². The van der Waals surface area contributed by atoms with Crippen LogP contribution in [0.4, 0.5) is 4.39 Å². The van der Waals surface area contributed by atoms with E-state index in [1.54, 1.807) is 35.6 Å². The summed E-state index contributed by atoms with van der Waals surface area (Å²) < 4.78 is 14.5. The van der Waals surface area contributed by atoms with Crippen LogP contribution in [-0.2, 0) is 6.54 Å². The minimum absolute atomic E-state index is 0.115. The Morgan fingerprint density at radius 3 is 2.57 bits per heavy atom. The highest BCUT2D eigenvalue weighted by Crippen LogP contribution is 2.16. The van der Waals surface area contributed by atoms with E-state index in [1.165, 1.54) is 12.1 Å². The summed E-state index contributed by atoms with van der Waals surface area (Å²) in [6, 6.07) is 6.03. The molecular weight excluding hydrogens is 315 g/mol. The molecule has 1 heterocycles. The Hall–Kier alpha value is -1.95. The van der Waals surface area contributed by atoms with Crippen LogP contribution in [-0.4, -0.2) is 29.0 Å². The molecule has 4 nitrogen and oxygen atoms in total. The number of thiazole rings is 1. The molecule has 0 saturated heterocycles. The summed E-state index contributed by atoms with van der Waals surface area (Å²) in [6.07, 6.45) is 1.95.